The number of phenols is 2. The van der Waals surface area contributed by atoms with Gasteiger partial charge in [0.2, 0.25) is 0 Å². The van der Waals surface area contributed by atoms with Gasteiger partial charge in [-0.3, -0.25) is 16.8 Å². The second-order valence-electron chi connectivity index (χ2n) is 15.7. The van der Waals surface area contributed by atoms with Crippen molar-refractivity contribution in [1.82, 2.24) is 0 Å². The van der Waals surface area contributed by atoms with E-state index in [4.69, 9.17) is 0 Å². The molecule has 2 N–H and O–H groups in total. The molecule has 0 spiro atoms. The minimum absolute atomic E-state index is 0. The summed E-state index contributed by atoms with van der Waals surface area (Å²) in [4.78, 5) is 0. The van der Waals surface area contributed by atoms with Crippen LogP contribution in [0.25, 0.3) is 0 Å². The minimum Gasteiger partial charge on any atom is -0.774 e. The van der Waals surface area contributed by atoms with Gasteiger partial charge in [-0.2, -0.15) is 13.8 Å². The molecule has 0 saturated carbocycles. The summed E-state index contributed by atoms with van der Waals surface area (Å²) in [6, 6.07) is 7.16. The van der Waals surface area contributed by atoms with Gasteiger partial charge >= 0.3 is 37.7 Å². The number of rotatable bonds is 6. The molecule has 0 atom stereocenters. The van der Waals surface area contributed by atoms with Gasteiger partial charge in [-0.15, -0.1) is 12.8 Å². The zero-order chi connectivity index (χ0) is 35.0. The van der Waals surface area contributed by atoms with Crippen molar-refractivity contribution in [2.24, 2.45) is 0 Å². The van der Waals surface area contributed by atoms with Crippen LogP contribution in [-0.4, -0.2) is 73.9 Å². The van der Waals surface area contributed by atoms with Crippen molar-refractivity contribution >= 4 is 58.0 Å². The van der Waals surface area contributed by atoms with E-state index in [9.17, 15) is 36.2 Å². The van der Waals surface area contributed by atoms with Crippen LogP contribution >= 0.6 is 0 Å². The molecule has 0 heterocycles. The molecule has 0 radical (unpaired) electrons. The van der Waals surface area contributed by atoms with Crippen molar-refractivity contribution in [1.29, 1.82) is 0 Å². The van der Waals surface area contributed by atoms with Crippen LogP contribution in [-0.2, 0) is 54.7 Å². The van der Waals surface area contributed by atoms with Crippen molar-refractivity contribution in [2.45, 2.75) is 131 Å². The monoisotopic (exact) mass is 692 g/mol. The van der Waals surface area contributed by atoms with E-state index >= 15 is 0 Å². The molecular formula is C34H52CaO8S2-2. The first-order valence-electron chi connectivity index (χ1n) is 14.6. The maximum atomic E-state index is 11.1. The largest absolute Gasteiger partial charge is 2.00 e. The molecule has 8 nitrogen and oxygen atoms in total. The maximum absolute atomic E-state index is 11.1. The Bertz CT molecular complexity index is 1350. The van der Waals surface area contributed by atoms with Gasteiger partial charge in [-0.05, 0) is 64.2 Å². The molecule has 0 aliphatic heterocycles. The molecule has 0 aliphatic carbocycles. The summed E-state index contributed by atoms with van der Waals surface area (Å²) in [6.07, 6.45) is 0.135. The fraction of sp³-hybridized carbons (Fsp3) is 0.588. The van der Waals surface area contributed by atoms with Crippen molar-refractivity contribution in [2.75, 3.05) is 0 Å². The van der Waals surface area contributed by atoms with Gasteiger partial charge in [0.1, 0.15) is 11.5 Å². The maximum Gasteiger partial charge on any atom is 2.00 e. The van der Waals surface area contributed by atoms with Crippen LogP contribution in [0.5, 0.6) is 11.5 Å². The second kappa shape index (κ2) is 15.1. The van der Waals surface area contributed by atoms with E-state index in [0.717, 1.165) is 33.4 Å². The van der Waals surface area contributed by atoms with Crippen LogP contribution in [0.2, 0.25) is 0 Å². The summed E-state index contributed by atoms with van der Waals surface area (Å²) in [5.74, 6) is 0.484. The summed E-state index contributed by atoms with van der Waals surface area (Å²) in [7, 11) is -8.81. The SMILES string of the molecule is C[C-](Cc1cc(C(C)(C)C)c(O)c(C(C)(C)C)c1)S(=O)(=O)[O-].C[C-](Cc1cc(C(C)(C)C)c(O)c(C(C)(C)C)c1)S(=O)(=O)[O-].[Ca+2]. The standard InChI is InChI=1S/2C17H27O4S.Ca/c2*1-11(22(19,20)21)8-12-9-13(16(2,3)4)15(18)14(10-12)17(5,6)7;/h2*9-10,18H,8H2,1-7H3,(H,19,20,21);/q2*-1;+2/p-2. The molecule has 2 rings (SSSR count). The van der Waals surface area contributed by atoms with Crippen molar-refractivity contribution in [3.63, 3.8) is 0 Å². The zero-order valence-electron chi connectivity index (χ0n) is 29.6. The molecule has 11 heteroatoms. The second-order valence-corrected chi connectivity index (χ2v) is 19.0. The Morgan fingerprint density at radius 3 is 0.844 bits per heavy atom. The van der Waals surface area contributed by atoms with E-state index in [0.29, 0.717) is 0 Å². The van der Waals surface area contributed by atoms with Gasteiger partial charge in [0, 0.05) is 0 Å². The summed E-state index contributed by atoms with van der Waals surface area (Å²) < 4.78 is 66.7. The molecule has 0 aromatic heterocycles. The molecule has 0 saturated heterocycles. The predicted molar refractivity (Wildman–Crippen MR) is 181 cm³/mol. The van der Waals surface area contributed by atoms with Gasteiger partial charge in [0.05, 0.1) is 0 Å². The summed E-state index contributed by atoms with van der Waals surface area (Å²) in [5.41, 5.74) is 3.33. The molecule has 0 bridgehead atoms. The Balaban J connectivity index is 0.000000842. The predicted octanol–water partition coefficient (Wildman–Crippen LogP) is 6.87. The van der Waals surface area contributed by atoms with Crippen LogP contribution in [0, 0.1) is 10.5 Å². The number of hydrogen-bond donors (Lipinski definition) is 2. The van der Waals surface area contributed by atoms with Gasteiger partial charge < -0.3 is 19.3 Å². The molecule has 252 valence electrons. The molecule has 0 aliphatic rings. The van der Waals surface area contributed by atoms with Crippen LogP contribution in [0.4, 0.5) is 0 Å². The molecule has 2 aromatic rings. The summed E-state index contributed by atoms with van der Waals surface area (Å²) in [5, 5.41) is 21.0. The van der Waals surface area contributed by atoms with E-state index in [2.05, 4.69) is 0 Å². The first-order chi connectivity index (χ1) is 19.3. The molecule has 2 aromatic carbocycles. The first kappa shape index (κ1) is 44.1. The van der Waals surface area contributed by atoms with E-state index in [1.165, 1.54) is 13.8 Å². The Morgan fingerprint density at radius 2 is 0.711 bits per heavy atom. The van der Waals surface area contributed by atoms with E-state index in [1.54, 1.807) is 24.3 Å². The van der Waals surface area contributed by atoms with Crippen LogP contribution in [0.15, 0.2) is 24.3 Å². The Morgan fingerprint density at radius 1 is 0.533 bits per heavy atom. The number of phenolic OH excluding ortho intramolecular Hbond substituents is 2. The zero-order valence-corrected chi connectivity index (χ0v) is 33.4. The van der Waals surface area contributed by atoms with E-state index < -0.39 is 20.2 Å². The first-order valence-corrected chi connectivity index (χ1v) is 17.4. The summed E-state index contributed by atoms with van der Waals surface area (Å²) >= 11 is 0. The number of hydrogen-bond acceptors (Lipinski definition) is 8. The Kier molecular flexibility index (Phi) is 14.8. The Hall–Kier alpha value is -0.880. The fourth-order valence-corrected chi connectivity index (χ4v) is 5.32. The van der Waals surface area contributed by atoms with Crippen molar-refractivity contribution in [3.05, 3.63) is 68.1 Å². The average Bonchev–Trinajstić information content (AvgIpc) is 2.77. The Labute approximate surface area is 302 Å². The smallest absolute Gasteiger partial charge is 0.774 e. The van der Waals surface area contributed by atoms with E-state index in [1.807, 2.05) is 83.1 Å². The third-order valence-electron chi connectivity index (χ3n) is 7.33. The van der Waals surface area contributed by atoms with Crippen LogP contribution in [0.1, 0.15) is 130 Å². The fourth-order valence-electron chi connectivity index (χ4n) is 4.63. The molecular weight excluding hydrogens is 641 g/mol. The van der Waals surface area contributed by atoms with Crippen LogP contribution < -0.4 is 0 Å². The normalized spacial score (nSPS) is 13.4. The van der Waals surface area contributed by atoms with Crippen LogP contribution in [0.3, 0.4) is 0 Å². The molecule has 45 heavy (non-hydrogen) atoms. The molecule has 0 fully saturated rings. The molecule has 0 amide bonds. The average molecular weight is 693 g/mol. The van der Waals surface area contributed by atoms with Gasteiger partial charge in [-0.1, -0.05) is 118 Å². The van der Waals surface area contributed by atoms with Gasteiger partial charge in [0.25, 0.3) is 0 Å². The van der Waals surface area contributed by atoms with E-state index in [-0.39, 0.29) is 94.2 Å². The summed E-state index contributed by atoms with van der Waals surface area (Å²) in [6.45, 7) is 26.5. The minimum atomic E-state index is -4.40. The third kappa shape index (κ3) is 12.9. The number of aromatic hydroxyl groups is 2. The number of benzene rings is 2. The van der Waals surface area contributed by atoms with Gasteiger partial charge in [-0.25, -0.2) is 10.5 Å². The van der Waals surface area contributed by atoms with Gasteiger partial charge in [0.15, 0.2) is 0 Å². The third-order valence-corrected chi connectivity index (χ3v) is 9.33. The van der Waals surface area contributed by atoms with Crippen molar-refractivity contribution in [3.8, 4) is 11.5 Å². The quantitative estimate of drug-likeness (QED) is 0.189. The topological polar surface area (TPSA) is 155 Å². The van der Waals surface area contributed by atoms with Crippen molar-refractivity contribution < 1.29 is 36.2 Å². The molecule has 0 unspecified atom stereocenters.